The highest BCUT2D eigenvalue weighted by molar-refractivity contribution is 5.95. The zero-order valence-electron chi connectivity index (χ0n) is 11.8. The Morgan fingerprint density at radius 2 is 2.14 bits per heavy atom. The van der Waals surface area contributed by atoms with E-state index in [1.807, 2.05) is 0 Å². The fourth-order valence-corrected chi connectivity index (χ4v) is 3.39. The first-order valence-electron chi connectivity index (χ1n) is 7.34. The molecule has 3 amide bonds. The Bertz CT molecular complexity index is 469. The van der Waals surface area contributed by atoms with Crippen molar-refractivity contribution in [3.05, 3.63) is 0 Å². The standard InChI is InChI=1S/C13H20N4O4/c14-15-12(19)10-4-3-8(21-10)6-16-7-11(18)17-5-1-2-9(17)13(16)20/h8-10H,1-7,14H2,(H,15,19). The fraction of sp³-hybridized carbons (Fsp3) is 0.769. The van der Waals surface area contributed by atoms with Gasteiger partial charge in [-0.3, -0.25) is 19.8 Å². The minimum Gasteiger partial charge on any atom is -0.363 e. The summed E-state index contributed by atoms with van der Waals surface area (Å²) in [6.07, 6.45) is 2.12. The summed E-state index contributed by atoms with van der Waals surface area (Å²) < 4.78 is 5.60. The number of nitrogens with zero attached hydrogens (tertiary/aromatic N) is 2. The van der Waals surface area contributed by atoms with Gasteiger partial charge in [-0.2, -0.15) is 0 Å². The second-order valence-electron chi connectivity index (χ2n) is 5.80. The molecule has 0 spiro atoms. The van der Waals surface area contributed by atoms with Gasteiger partial charge in [0.25, 0.3) is 5.91 Å². The highest BCUT2D eigenvalue weighted by Crippen LogP contribution is 2.26. The zero-order chi connectivity index (χ0) is 15.0. The number of ether oxygens (including phenoxy) is 1. The van der Waals surface area contributed by atoms with Gasteiger partial charge >= 0.3 is 0 Å². The van der Waals surface area contributed by atoms with Crippen molar-refractivity contribution in [2.24, 2.45) is 5.84 Å². The van der Waals surface area contributed by atoms with Crippen LogP contribution in [0.1, 0.15) is 25.7 Å². The summed E-state index contributed by atoms with van der Waals surface area (Å²) >= 11 is 0. The van der Waals surface area contributed by atoms with Crippen LogP contribution in [0.4, 0.5) is 0 Å². The van der Waals surface area contributed by atoms with E-state index in [0.717, 1.165) is 12.8 Å². The van der Waals surface area contributed by atoms with E-state index < -0.39 is 6.10 Å². The average molecular weight is 296 g/mol. The van der Waals surface area contributed by atoms with Crippen LogP contribution in [0.25, 0.3) is 0 Å². The van der Waals surface area contributed by atoms with Crippen LogP contribution in [0.15, 0.2) is 0 Å². The SMILES string of the molecule is NNC(=O)C1CCC(CN2CC(=O)N3CCCC3C2=O)O1. The summed E-state index contributed by atoms with van der Waals surface area (Å²) in [5.74, 6) is 4.75. The summed E-state index contributed by atoms with van der Waals surface area (Å²) in [5, 5.41) is 0. The highest BCUT2D eigenvalue weighted by atomic mass is 16.5. The number of carbonyl (C=O) groups is 3. The second kappa shape index (κ2) is 5.61. The van der Waals surface area contributed by atoms with E-state index in [2.05, 4.69) is 5.43 Å². The molecule has 0 aromatic heterocycles. The molecule has 3 fully saturated rings. The molecule has 8 nitrogen and oxygen atoms in total. The molecule has 3 atom stereocenters. The number of amides is 3. The average Bonchev–Trinajstić information content (AvgIpc) is 3.13. The molecule has 0 radical (unpaired) electrons. The van der Waals surface area contributed by atoms with Crippen LogP contribution in [0, 0.1) is 0 Å². The van der Waals surface area contributed by atoms with Crippen LogP contribution in [0.2, 0.25) is 0 Å². The quantitative estimate of drug-likeness (QED) is 0.369. The number of rotatable bonds is 3. The van der Waals surface area contributed by atoms with Crippen molar-refractivity contribution in [1.82, 2.24) is 15.2 Å². The molecule has 3 rings (SSSR count). The molecule has 0 aromatic carbocycles. The molecule has 3 unspecified atom stereocenters. The fourth-order valence-electron chi connectivity index (χ4n) is 3.39. The lowest BCUT2D eigenvalue weighted by Gasteiger charge is -2.37. The molecule has 3 aliphatic heterocycles. The van der Waals surface area contributed by atoms with E-state index in [1.54, 1.807) is 9.80 Å². The Balaban J connectivity index is 1.59. The summed E-state index contributed by atoms with van der Waals surface area (Å²) in [6.45, 7) is 1.16. The van der Waals surface area contributed by atoms with Crippen molar-refractivity contribution in [2.75, 3.05) is 19.6 Å². The van der Waals surface area contributed by atoms with E-state index in [9.17, 15) is 14.4 Å². The van der Waals surface area contributed by atoms with Crippen LogP contribution in [-0.2, 0) is 19.1 Å². The molecule has 21 heavy (non-hydrogen) atoms. The van der Waals surface area contributed by atoms with Gasteiger partial charge in [-0.1, -0.05) is 0 Å². The Labute approximate surface area is 122 Å². The van der Waals surface area contributed by atoms with E-state index in [1.165, 1.54) is 0 Å². The number of hydrazine groups is 1. The van der Waals surface area contributed by atoms with E-state index in [0.29, 0.717) is 25.9 Å². The lowest BCUT2D eigenvalue weighted by atomic mass is 10.1. The van der Waals surface area contributed by atoms with Crippen LogP contribution in [-0.4, -0.2) is 65.4 Å². The molecule has 3 heterocycles. The van der Waals surface area contributed by atoms with Crippen LogP contribution >= 0.6 is 0 Å². The number of hydrogen-bond donors (Lipinski definition) is 2. The van der Waals surface area contributed by atoms with Crippen molar-refractivity contribution in [3.8, 4) is 0 Å². The first-order valence-corrected chi connectivity index (χ1v) is 7.34. The summed E-state index contributed by atoms with van der Waals surface area (Å²) in [5.41, 5.74) is 2.07. The Kier molecular flexibility index (Phi) is 3.81. The minimum absolute atomic E-state index is 0.00225. The summed E-state index contributed by atoms with van der Waals surface area (Å²) in [4.78, 5) is 39.1. The van der Waals surface area contributed by atoms with Gasteiger partial charge in [-0.25, -0.2) is 5.84 Å². The lowest BCUT2D eigenvalue weighted by molar-refractivity contribution is -0.155. The predicted molar refractivity (Wildman–Crippen MR) is 71.5 cm³/mol. The third-order valence-corrected chi connectivity index (χ3v) is 4.46. The van der Waals surface area contributed by atoms with Gasteiger partial charge in [-0.15, -0.1) is 0 Å². The zero-order valence-corrected chi connectivity index (χ0v) is 11.8. The molecule has 0 aromatic rings. The van der Waals surface area contributed by atoms with Gasteiger partial charge in [-0.05, 0) is 25.7 Å². The molecule has 3 aliphatic rings. The second-order valence-corrected chi connectivity index (χ2v) is 5.80. The Hall–Kier alpha value is -1.67. The molecular formula is C13H20N4O4. The Morgan fingerprint density at radius 1 is 1.33 bits per heavy atom. The van der Waals surface area contributed by atoms with Gasteiger partial charge in [0.1, 0.15) is 12.1 Å². The number of hydrogen-bond acceptors (Lipinski definition) is 5. The van der Waals surface area contributed by atoms with Gasteiger partial charge < -0.3 is 14.5 Å². The summed E-state index contributed by atoms with van der Waals surface area (Å²) in [6, 6.07) is -0.296. The van der Waals surface area contributed by atoms with Crippen molar-refractivity contribution >= 4 is 17.7 Å². The maximum Gasteiger partial charge on any atom is 0.263 e. The largest absolute Gasteiger partial charge is 0.363 e. The van der Waals surface area contributed by atoms with Gasteiger partial charge in [0.05, 0.1) is 12.6 Å². The first-order chi connectivity index (χ1) is 10.1. The van der Waals surface area contributed by atoms with Crippen LogP contribution < -0.4 is 11.3 Å². The van der Waals surface area contributed by atoms with Crippen molar-refractivity contribution in [3.63, 3.8) is 0 Å². The third kappa shape index (κ3) is 2.60. The number of carbonyl (C=O) groups excluding carboxylic acids is 3. The van der Waals surface area contributed by atoms with E-state index in [4.69, 9.17) is 10.6 Å². The lowest BCUT2D eigenvalue weighted by Crippen LogP contribution is -2.58. The number of nitrogens with two attached hydrogens (primary N) is 1. The number of nitrogens with one attached hydrogen (secondary N) is 1. The van der Waals surface area contributed by atoms with Crippen molar-refractivity contribution in [2.45, 2.75) is 43.9 Å². The van der Waals surface area contributed by atoms with E-state index in [-0.39, 0.29) is 36.4 Å². The molecular weight excluding hydrogens is 276 g/mol. The van der Waals surface area contributed by atoms with Gasteiger partial charge in [0.2, 0.25) is 11.8 Å². The third-order valence-electron chi connectivity index (χ3n) is 4.46. The van der Waals surface area contributed by atoms with Crippen LogP contribution in [0.3, 0.4) is 0 Å². The van der Waals surface area contributed by atoms with Crippen molar-refractivity contribution < 1.29 is 19.1 Å². The minimum atomic E-state index is -0.557. The number of fused-ring (bicyclic) bond motifs is 1. The molecule has 0 bridgehead atoms. The van der Waals surface area contributed by atoms with Gasteiger partial charge in [0, 0.05) is 13.1 Å². The van der Waals surface area contributed by atoms with Crippen LogP contribution in [0.5, 0.6) is 0 Å². The monoisotopic (exact) mass is 296 g/mol. The maximum atomic E-state index is 12.4. The predicted octanol–water partition coefficient (Wildman–Crippen LogP) is -1.64. The molecule has 3 N–H and O–H groups in total. The molecule has 0 saturated carbocycles. The van der Waals surface area contributed by atoms with Crippen molar-refractivity contribution in [1.29, 1.82) is 0 Å². The van der Waals surface area contributed by atoms with E-state index >= 15 is 0 Å². The highest BCUT2D eigenvalue weighted by Gasteiger charge is 2.43. The Morgan fingerprint density at radius 3 is 2.90 bits per heavy atom. The normalized spacial score (nSPS) is 32.5. The molecule has 8 heteroatoms. The molecule has 0 aliphatic carbocycles. The summed E-state index contributed by atoms with van der Waals surface area (Å²) in [7, 11) is 0. The smallest absolute Gasteiger partial charge is 0.263 e. The topological polar surface area (TPSA) is 105 Å². The molecule has 3 saturated heterocycles. The number of piperazine rings is 1. The molecule has 116 valence electrons. The maximum absolute atomic E-state index is 12.4. The first kappa shape index (κ1) is 14.3. The van der Waals surface area contributed by atoms with Gasteiger partial charge in [0.15, 0.2) is 0 Å².